The largest absolute Gasteiger partial charge is 0.496 e. The molecule has 2 aromatic heterocycles. The minimum Gasteiger partial charge on any atom is -0.496 e. The van der Waals surface area contributed by atoms with Gasteiger partial charge in [-0.1, -0.05) is 26.0 Å². The van der Waals surface area contributed by atoms with E-state index in [0.717, 1.165) is 75.2 Å². The van der Waals surface area contributed by atoms with E-state index >= 15 is 0 Å². The van der Waals surface area contributed by atoms with E-state index in [9.17, 15) is 9.59 Å². The standard InChI is InChI=1S/C32H45N9O3/c1-4-6-13-34-30-29-26(36-32(33)37-30)21-41(38-29)20-24-11-12-25(18-27(24)44-3)39-14-16-40(17-15-39)31(43)23-9-7-22(8-10-23)19-35-28(42)5-2/h5,11-12,18,21-23H,2,4,6-10,13-17,19-20H2,1,3H3,(H,35,42)(H3,33,34,36,37). The molecule has 236 valence electrons. The fourth-order valence-electron chi connectivity index (χ4n) is 6.17. The molecular weight excluding hydrogens is 558 g/mol. The van der Waals surface area contributed by atoms with Gasteiger partial charge in [-0.05, 0) is 50.2 Å². The van der Waals surface area contributed by atoms with Crippen molar-refractivity contribution in [2.24, 2.45) is 11.8 Å². The summed E-state index contributed by atoms with van der Waals surface area (Å²) in [7, 11) is 1.68. The fourth-order valence-corrected chi connectivity index (χ4v) is 6.17. The van der Waals surface area contributed by atoms with E-state index in [0.29, 0.717) is 48.9 Å². The number of amides is 2. The van der Waals surface area contributed by atoms with Crippen LogP contribution in [-0.4, -0.2) is 82.8 Å². The molecule has 1 aromatic carbocycles. The van der Waals surface area contributed by atoms with Crippen molar-refractivity contribution >= 4 is 40.3 Å². The number of fused-ring (bicyclic) bond motifs is 1. The van der Waals surface area contributed by atoms with Gasteiger partial charge in [0.05, 0.1) is 19.9 Å². The van der Waals surface area contributed by atoms with Gasteiger partial charge < -0.3 is 30.9 Å². The number of hydrogen-bond donors (Lipinski definition) is 3. The number of piperazine rings is 1. The molecule has 1 saturated carbocycles. The minimum absolute atomic E-state index is 0.0804. The summed E-state index contributed by atoms with van der Waals surface area (Å²) in [5.74, 6) is 2.31. The first kappa shape index (κ1) is 31.1. The van der Waals surface area contributed by atoms with Crippen molar-refractivity contribution in [3.63, 3.8) is 0 Å². The molecule has 0 spiro atoms. The summed E-state index contributed by atoms with van der Waals surface area (Å²) >= 11 is 0. The lowest BCUT2D eigenvalue weighted by Gasteiger charge is -2.39. The summed E-state index contributed by atoms with van der Waals surface area (Å²) in [4.78, 5) is 37.8. The number of unbranched alkanes of at least 4 members (excludes halogenated alkanes) is 1. The van der Waals surface area contributed by atoms with Gasteiger partial charge in [0, 0.05) is 62.5 Å². The van der Waals surface area contributed by atoms with Gasteiger partial charge in [-0.25, -0.2) is 4.98 Å². The molecule has 3 heterocycles. The molecule has 44 heavy (non-hydrogen) atoms. The lowest BCUT2D eigenvalue weighted by atomic mass is 9.81. The summed E-state index contributed by atoms with van der Waals surface area (Å²) < 4.78 is 7.64. The zero-order valence-electron chi connectivity index (χ0n) is 25.9. The van der Waals surface area contributed by atoms with Crippen molar-refractivity contribution in [2.45, 2.75) is 52.0 Å². The van der Waals surface area contributed by atoms with E-state index in [2.05, 4.69) is 57.2 Å². The maximum atomic E-state index is 13.3. The molecule has 2 amide bonds. The van der Waals surface area contributed by atoms with Gasteiger partial charge in [0.2, 0.25) is 17.8 Å². The first-order valence-electron chi connectivity index (χ1n) is 15.7. The Hall–Kier alpha value is -4.35. The van der Waals surface area contributed by atoms with Crippen LogP contribution in [0.2, 0.25) is 0 Å². The fraction of sp³-hybridized carbons (Fsp3) is 0.531. The van der Waals surface area contributed by atoms with E-state index in [4.69, 9.17) is 15.6 Å². The zero-order valence-corrected chi connectivity index (χ0v) is 25.9. The molecule has 0 atom stereocenters. The highest BCUT2D eigenvalue weighted by Crippen LogP contribution is 2.31. The molecular formula is C32H45N9O3. The average molecular weight is 604 g/mol. The third kappa shape index (κ3) is 7.40. The number of carbonyl (C=O) groups is 2. The first-order chi connectivity index (χ1) is 21.4. The molecule has 0 unspecified atom stereocenters. The predicted octanol–water partition coefficient (Wildman–Crippen LogP) is 3.43. The lowest BCUT2D eigenvalue weighted by Crippen LogP contribution is -2.50. The zero-order chi connectivity index (χ0) is 31.1. The first-order valence-corrected chi connectivity index (χ1v) is 15.7. The third-order valence-corrected chi connectivity index (χ3v) is 8.76. The van der Waals surface area contributed by atoms with Gasteiger partial charge in [-0.3, -0.25) is 14.3 Å². The highest BCUT2D eigenvalue weighted by Gasteiger charge is 2.31. The number of nitrogen functional groups attached to an aromatic ring is 1. The van der Waals surface area contributed by atoms with Crippen molar-refractivity contribution in [3.05, 3.63) is 42.6 Å². The second-order valence-electron chi connectivity index (χ2n) is 11.7. The molecule has 1 saturated heterocycles. The van der Waals surface area contributed by atoms with Gasteiger partial charge in [0.15, 0.2) is 11.3 Å². The second kappa shape index (κ2) is 14.4. The van der Waals surface area contributed by atoms with Crippen molar-refractivity contribution in [3.8, 4) is 5.75 Å². The second-order valence-corrected chi connectivity index (χ2v) is 11.7. The number of methoxy groups -OCH3 is 1. The molecule has 1 aliphatic heterocycles. The molecule has 3 aromatic rings. The maximum absolute atomic E-state index is 13.3. The number of aromatic nitrogens is 4. The topological polar surface area (TPSA) is 144 Å². The number of rotatable bonds is 12. The van der Waals surface area contributed by atoms with Gasteiger partial charge in [-0.15, -0.1) is 0 Å². The molecule has 2 fully saturated rings. The van der Waals surface area contributed by atoms with Crippen molar-refractivity contribution in [1.82, 2.24) is 30.0 Å². The lowest BCUT2D eigenvalue weighted by molar-refractivity contribution is -0.137. The van der Waals surface area contributed by atoms with Crippen LogP contribution in [0.5, 0.6) is 5.75 Å². The van der Waals surface area contributed by atoms with E-state index in [1.54, 1.807) is 7.11 Å². The quantitative estimate of drug-likeness (QED) is 0.210. The van der Waals surface area contributed by atoms with Crippen molar-refractivity contribution in [2.75, 3.05) is 62.3 Å². The third-order valence-electron chi connectivity index (χ3n) is 8.76. The van der Waals surface area contributed by atoms with E-state index in [1.165, 1.54) is 6.08 Å². The van der Waals surface area contributed by atoms with E-state index in [-0.39, 0.29) is 23.7 Å². The Kier molecular flexibility index (Phi) is 10.2. The van der Waals surface area contributed by atoms with Crippen LogP contribution in [0.3, 0.4) is 0 Å². The Morgan fingerprint density at radius 1 is 1.14 bits per heavy atom. The molecule has 12 heteroatoms. The number of ether oxygens (including phenoxy) is 1. The minimum atomic E-state index is -0.134. The van der Waals surface area contributed by atoms with Crippen LogP contribution in [0.1, 0.15) is 51.0 Å². The van der Waals surface area contributed by atoms with Gasteiger partial charge in [0.1, 0.15) is 11.3 Å². The summed E-state index contributed by atoms with van der Waals surface area (Å²) in [6, 6.07) is 6.26. The Balaban J connectivity index is 1.16. The number of benzene rings is 1. The Bertz CT molecular complexity index is 1460. The SMILES string of the molecule is C=CC(=O)NCC1CCC(C(=O)N2CCN(c3ccc(Cn4cc5nc(N)nc(NCCCC)c5n4)c(OC)c3)CC2)CC1. The van der Waals surface area contributed by atoms with Crippen LogP contribution in [0, 0.1) is 11.8 Å². The number of nitrogens with one attached hydrogen (secondary N) is 2. The molecule has 1 aliphatic carbocycles. The number of nitrogens with two attached hydrogens (primary N) is 1. The number of nitrogens with zero attached hydrogens (tertiary/aromatic N) is 6. The molecule has 0 radical (unpaired) electrons. The number of hydrogen-bond acceptors (Lipinski definition) is 9. The number of carbonyl (C=O) groups excluding carboxylic acids is 2. The van der Waals surface area contributed by atoms with Gasteiger partial charge >= 0.3 is 0 Å². The van der Waals surface area contributed by atoms with E-state index in [1.807, 2.05) is 15.8 Å². The monoisotopic (exact) mass is 603 g/mol. The highest BCUT2D eigenvalue weighted by molar-refractivity contribution is 5.87. The summed E-state index contributed by atoms with van der Waals surface area (Å²) in [6.45, 7) is 10.6. The molecule has 0 bridgehead atoms. The Morgan fingerprint density at radius 3 is 2.61 bits per heavy atom. The van der Waals surface area contributed by atoms with Crippen LogP contribution in [-0.2, 0) is 16.1 Å². The van der Waals surface area contributed by atoms with Crippen LogP contribution < -0.4 is 26.0 Å². The molecule has 5 rings (SSSR count). The average Bonchev–Trinajstić information content (AvgIpc) is 3.46. The van der Waals surface area contributed by atoms with Crippen LogP contribution in [0.25, 0.3) is 11.0 Å². The Morgan fingerprint density at radius 2 is 1.91 bits per heavy atom. The molecule has 2 aliphatic rings. The molecule has 12 nitrogen and oxygen atoms in total. The summed E-state index contributed by atoms with van der Waals surface area (Å²) in [5, 5.41) is 11.0. The van der Waals surface area contributed by atoms with Gasteiger partial charge in [0.25, 0.3) is 0 Å². The summed E-state index contributed by atoms with van der Waals surface area (Å²) in [6.07, 6.45) is 8.99. The normalized spacial score (nSPS) is 18.7. The van der Waals surface area contributed by atoms with Crippen LogP contribution >= 0.6 is 0 Å². The summed E-state index contributed by atoms with van der Waals surface area (Å²) in [5.41, 5.74) is 9.43. The molecule has 4 N–H and O–H groups in total. The van der Waals surface area contributed by atoms with Crippen LogP contribution in [0.4, 0.5) is 17.5 Å². The Labute approximate surface area is 259 Å². The van der Waals surface area contributed by atoms with Crippen LogP contribution in [0.15, 0.2) is 37.1 Å². The predicted molar refractivity (Wildman–Crippen MR) is 173 cm³/mol. The number of anilines is 3. The van der Waals surface area contributed by atoms with Gasteiger partial charge in [-0.2, -0.15) is 10.1 Å². The highest BCUT2D eigenvalue weighted by atomic mass is 16.5. The smallest absolute Gasteiger partial charge is 0.243 e. The van der Waals surface area contributed by atoms with Crippen molar-refractivity contribution < 1.29 is 14.3 Å². The maximum Gasteiger partial charge on any atom is 0.243 e. The van der Waals surface area contributed by atoms with E-state index < -0.39 is 0 Å². The van der Waals surface area contributed by atoms with Crippen molar-refractivity contribution in [1.29, 1.82) is 0 Å².